The molecular formula is C25H36N4O4. The molecule has 0 aliphatic heterocycles. The standard InChI is InChI=1S/C25H36N4O4/c1-16(2)13-25(8,29(23(31)32)24(5,6)7)14-33-21-10-9-19(11-17(21)3)20-12-22(27-15-26-20)28-18(4)30/h9-12,15-16H,13-14H2,1-8H3,(H,31,32)(H,26,27,28,30)/t25-/m0/s1. The van der Waals surface area contributed by atoms with Gasteiger partial charge in [0.1, 0.15) is 24.5 Å². The molecule has 2 amide bonds. The van der Waals surface area contributed by atoms with Gasteiger partial charge in [0.25, 0.3) is 0 Å². The van der Waals surface area contributed by atoms with Gasteiger partial charge in [0.15, 0.2) is 0 Å². The number of carboxylic acid groups (broad SMARTS) is 1. The van der Waals surface area contributed by atoms with Crippen LogP contribution < -0.4 is 10.1 Å². The van der Waals surface area contributed by atoms with E-state index in [2.05, 4.69) is 29.1 Å². The first-order valence-corrected chi connectivity index (χ1v) is 11.1. The van der Waals surface area contributed by atoms with Crippen molar-refractivity contribution in [3.8, 4) is 17.0 Å². The first kappa shape index (κ1) is 26.1. The van der Waals surface area contributed by atoms with E-state index in [0.717, 1.165) is 11.1 Å². The topological polar surface area (TPSA) is 105 Å². The minimum Gasteiger partial charge on any atom is -0.491 e. The molecule has 0 aliphatic carbocycles. The molecule has 0 spiro atoms. The molecule has 0 saturated heterocycles. The number of nitrogens with zero attached hydrogens (tertiary/aromatic N) is 3. The van der Waals surface area contributed by atoms with Crippen molar-refractivity contribution in [2.24, 2.45) is 5.92 Å². The smallest absolute Gasteiger partial charge is 0.408 e. The molecule has 2 N–H and O–H groups in total. The van der Waals surface area contributed by atoms with Crippen molar-refractivity contribution < 1.29 is 19.4 Å². The van der Waals surface area contributed by atoms with Crippen LogP contribution in [0.4, 0.5) is 10.6 Å². The fourth-order valence-electron chi connectivity index (χ4n) is 4.39. The average molecular weight is 457 g/mol. The minimum atomic E-state index is -0.958. The number of anilines is 1. The second kappa shape index (κ2) is 10.2. The maximum atomic E-state index is 12.2. The third kappa shape index (κ3) is 6.91. The fraction of sp³-hybridized carbons (Fsp3) is 0.520. The normalized spacial score (nSPS) is 13.4. The number of hydrogen-bond donors (Lipinski definition) is 2. The molecule has 33 heavy (non-hydrogen) atoms. The molecule has 1 heterocycles. The van der Waals surface area contributed by atoms with Crippen LogP contribution in [-0.4, -0.2) is 49.7 Å². The van der Waals surface area contributed by atoms with Gasteiger partial charge in [-0.1, -0.05) is 13.8 Å². The van der Waals surface area contributed by atoms with E-state index in [1.165, 1.54) is 18.2 Å². The molecule has 180 valence electrons. The predicted molar refractivity (Wildman–Crippen MR) is 129 cm³/mol. The maximum Gasteiger partial charge on any atom is 0.408 e. The molecule has 1 aromatic heterocycles. The average Bonchev–Trinajstić information content (AvgIpc) is 2.64. The lowest BCUT2D eigenvalue weighted by molar-refractivity contribution is -0.114. The molecule has 8 heteroatoms. The summed E-state index contributed by atoms with van der Waals surface area (Å²) in [5.74, 6) is 1.21. The van der Waals surface area contributed by atoms with Gasteiger partial charge in [-0.2, -0.15) is 0 Å². The Kier molecular flexibility index (Phi) is 8.06. The van der Waals surface area contributed by atoms with E-state index in [9.17, 15) is 14.7 Å². The van der Waals surface area contributed by atoms with Crippen LogP contribution in [-0.2, 0) is 4.79 Å². The molecule has 0 fully saturated rings. The van der Waals surface area contributed by atoms with E-state index in [4.69, 9.17) is 4.74 Å². The Morgan fingerprint density at radius 3 is 2.33 bits per heavy atom. The largest absolute Gasteiger partial charge is 0.491 e. The zero-order valence-corrected chi connectivity index (χ0v) is 20.9. The van der Waals surface area contributed by atoms with Crippen LogP contribution in [0.3, 0.4) is 0 Å². The summed E-state index contributed by atoms with van der Waals surface area (Å²) in [6, 6.07) is 7.42. The van der Waals surface area contributed by atoms with Gasteiger partial charge in [0.2, 0.25) is 5.91 Å². The Bertz CT molecular complexity index is 1000. The number of carbonyl (C=O) groups excluding carboxylic acids is 1. The highest BCUT2D eigenvalue weighted by atomic mass is 16.5. The molecular weight excluding hydrogens is 420 g/mol. The van der Waals surface area contributed by atoms with Crippen molar-refractivity contribution in [3.05, 3.63) is 36.2 Å². The predicted octanol–water partition coefficient (Wildman–Crippen LogP) is 5.37. The molecule has 1 atom stereocenters. The van der Waals surface area contributed by atoms with E-state index >= 15 is 0 Å². The number of carbonyl (C=O) groups is 2. The number of ether oxygens (including phenoxy) is 1. The third-order valence-corrected chi connectivity index (χ3v) is 5.23. The van der Waals surface area contributed by atoms with Gasteiger partial charge >= 0.3 is 6.09 Å². The molecule has 8 nitrogen and oxygen atoms in total. The lowest BCUT2D eigenvalue weighted by Crippen LogP contribution is -2.61. The van der Waals surface area contributed by atoms with Gasteiger partial charge < -0.3 is 15.2 Å². The highest BCUT2D eigenvalue weighted by molar-refractivity contribution is 5.88. The Labute approximate surface area is 196 Å². The Hall–Kier alpha value is -3.16. The van der Waals surface area contributed by atoms with Gasteiger partial charge in [-0.05, 0) is 70.7 Å². The quantitative estimate of drug-likeness (QED) is 0.553. The number of amides is 2. The van der Waals surface area contributed by atoms with Gasteiger partial charge in [0.05, 0.1) is 11.2 Å². The molecule has 2 aromatic rings. The fourth-order valence-corrected chi connectivity index (χ4v) is 4.39. The molecule has 2 rings (SSSR count). The van der Waals surface area contributed by atoms with Gasteiger partial charge in [-0.3, -0.25) is 9.69 Å². The monoisotopic (exact) mass is 456 g/mol. The van der Waals surface area contributed by atoms with Crippen molar-refractivity contribution in [1.82, 2.24) is 14.9 Å². The lowest BCUT2D eigenvalue weighted by Gasteiger charge is -2.47. The second-order valence-electron chi connectivity index (χ2n) is 10.1. The van der Waals surface area contributed by atoms with Crippen molar-refractivity contribution in [2.45, 2.75) is 72.9 Å². The van der Waals surface area contributed by atoms with Crippen molar-refractivity contribution in [3.63, 3.8) is 0 Å². The number of aromatic nitrogens is 2. The van der Waals surface area contributed by atoms with E-state index in [0.29, 0.717) is 29.6 Å². The summed E-state index contributed by atoms with van der Waals surface area (Å²) >= 11 is 0. The van der Waals surface area contributed by atoms with Crippen LogP contribution in [0.15, 0.2) is 30.6 Å². The van der Waals surface area contributed by atoms with Crippen LogP contribution in [0.5, 0.6) is 5.75 Å². The first-order valence-electron chi connectivity index (χ1n) is 11.1. The third-order valence-electron chi connectivity index (χ3n) is 5.23. The second-order valence-corrected chi connectivity index (χ2v) is 10.1. The summed E-state index contributed by atoms with van der Waals surface area (Å²) in [6.07, 6.45) is 1.12. The number of nitrogens with one attached hydrogen (secondary N) is 1. The molecule has 0 bridgehead atoms. The molecule has 1 aromatic carbocycles. The van der Waals surface area contributed by atoms with E-state index in [1.54, 1.807) is 6.07 Å². The SMILES string of the molecule is CC(=O)Nc1cc(-c2ccc(OC[C@](C)(CC(C)C)N(C(=O)O)C(C)(C)C)c(C)c2)ncn1. The highest BCUT2D eigenvalue weighted by Gasteiger charge is 2.43. The number of benzene rings is 1. The summed E-state index contributed by atoms with van der Waals surface area (Å²) in [7, 11) is 0. The van der Waals surface area contributed by atoms with Crippen LogP contribution in [0.1, 0.15) is 60.5 Å². The molecule has 0 aliphatic rings. The van der Waals surface area contributed by atoms with Gasteiger partial charge in [0, 0.05) is 24.1 Å². The lowest BCUT2D eigenvalue weighted by atomic mass is 9.86. The first-order chi connectivity index (χ1) is 15.2. The summed E-state index contributed by atoms with van der Waals surface area (Å²) in [6.45, 7) is 15.4. The zero-order valence-electron chi connectivity index (χ0n) is 20.9. The number of hydrogen-bond acceptors (Lipinski definition) is 5. The van der Waals surface area contributed by atoms with E-state index in [1.807, 2.05) is 52.8 Å². The van der Waals surface area contributed by atoms with Gasteiger partial charge in [-0.25, -0.2) is 14.8 Å². The minimum absolute atomic E-state index is 0.199. The number of aryl methyl sites for hydroxylation is 1. The summed E-state index contributed by atoms with van der Waals surface area (Å²) in [5.41, 5.74) is 1.16. The Morgan fingerprint density at radius 1 is 1.15 bits per heavy atom. The Balaban J connectivity index is 2.29. The Morgan fingerprint density at radius 2 is 1.82 bits per heavy atom. The van der Waals surface area contributed by atoms with Crippen LogP contribution in [0.25, 0.3) is 11.3 Å². The van der Waals surface area contributed by atoms with Crippen LogP contribution >= 0.6 is 0 Å². The van der Waals surface area contributed by atoms with Crippen molar-refractivity contribution in [1.29, 1.82) is 0 Å². The van der Waals surface area contributed by atoms with Crippen LogP contribution in [0.2, 0.25) is 0 Å². The number of rotatable bonds is 8. The van der Waals surface area contributed by atoms with E-state index in [-0.39, 0.29) is 12.5 Å². The summed E-state index contributed by atoms with van der Waals surface area (Å²) in [5, 5.41) is 12.6. The maximum absolute atomic E-state index is 12.2. The molecule has 0 saturated carbocycles. The van der Waals surface area contributed by atoms with Crippen molar-refractivity contribution >= 4 is 17.8 Å². The summed E-state index contributed by atoms with van der Waals surface area (Å²) in [4.78, 5) is 33.3. The van der Waals surface area contributed by atoms with Gasteiger partial charge in [-0.15, -0.1) is 0 Å². The molecule has 0 radical (unpaired) electrons. The zero-order chi connectivity index (χ0) is 25.0. The van der Waals surface area contributed by atoms with E-state index < -0.39 is 17.2 Å². The highest BCUT2D eigenvalue weighted by Crippen LogP contribution is 2.33. The van der Waals surface area contributed by atoms with Crippen LogP contribution in [0, 0.1) is 12.8 Å². The van der Waals surface area contributed by atoms with Crippen molar-refractivity contribution in [2.75, 3.05) is 11.9 Å². The summed E-state index contributed by atoms with van der Waals surface area (Å²) < 4.78 is 6.20. The molecule has 0 unspecified atom stereocenters.